The number of hydrogen-bond acceptors (Lipinski definition) is 3. The Bertz CT molecular complexity index is 753. The molecule has 2 atom stereocenters. The van der Waals surface area contributed by atoms with E-state index in [1.165, 1.54) is 0 Å². The molecule has 0 saturated heterocycles. The van der Waals surface area contributed by atoms with Gasteiger partial charge in [0.1, 0.15) is 5.75 Å². The first kappa shape index (κ1) is 21.5. The summed E-state index contributed by atoms with van der Waals surface area (Å²) in [5, 5.41) is 12.4. The number of benzene rings is 2. The van der Waals surface area contributed by atoms with Crippen molar-refractivity contribution in [3.8, 4) is 5.75 Å². The molecule has 0 aliphatic heterocycles. The van der Waals surface area contributed by atoms with E-state index in [1.807, 2.05) is 69.6 Å². The summed E-state index contributed by atoms with van der Waals surface area (Å²) in [6, 6.07) is 15.6. The lowest BCUT2D eigenvalue weighted by atomic mass is 9.77. The lowest BCUT2D eigenvalue weighted by Crippen LogP contribution is -2.44. The maximum absolute atomic E-state index is 11.7. The average molecular weight is 388 g/mol. The molecule has 2 rings (SSSR count). The topological polar surface area (TPSA) is 32.7 Å². The number of rotatable bonds is 8. The molecule has 1 N–H and O–H groups in total. The molecule has 27 heavy (non-hydrogen) atoms. The fraction of sp³-hybridized carbons (Fsp3) is 0.391. The predicted molar refractivity (Wildman–Crippen MR) is 114 cm³/mol. The van der Waals surface area contributed by atoms with Crippen molar-refractivity contribution in [1.29, 1.82) is 0 Å². The summed E-state index contributed by atoms with van der Waals surface area (Å²) in [6.07, 6.45) is 2.60. The highest BCUT2D eigenvalue weighted by molar-refractivity contribution is 6.30. The van der Waals surface area contributed by atoms with Gasteiger partial charge in [0, 0.05) is 23.9 Å². The van der Waals surface area contributed by atoms with E-state index in [0.29, 0.717) is 11.4 Å². The minimum Gasteiger partial charge on any atom is -0.497 e. The monoisotopic (exact) mass is 387 g/mol. The van der Waals surface area contributed by atoms with Gasteiger partial charge in [0.15, 0.2) is 0 Å². The first-order valence-corrected chi connectivity index (χ1v) is 9.57. The Morgan fingerprint density at radius 2 is 1.74 bits per heavy atom. The standard InChI is InChI=1S/C23H30ClNO2/c1-17(14-19-8-12-22(27-5)13-9-19)23(26,18(2)16-25(3)4)15-20-6-10-21(24)11-7-20/h6-14,18,26H,15-16H2,1-5H3/b17-14-. The third-order valence-electron chi connectivity index (χ3n) is 5.02. The van der Waals surface area contributed by atoms with E-state index < -0.39 is 5.60 Å². The smallest absolute Gasteiger partial charge is 0.118 e. The molecule has 0 saturated carbocycles. The van der Waals surface area contributed by atoms with Crippen LogP contribution in [-0.2, 0) is 6.42 Å². The van der Waals surface area contributed by atoms with Crippen LogP contribution in [0.5, 0.6) is 5.75 Å². The van der Waals surface area contributed by atoms with Crippen LogP contribution in [-0.4, -0.2) is 43.4 Å². The molecule has 0 aliphatic carbocycles. The minimum absolute atomic E-state index is 0.0534. The molecule has 2 unspecified atom stereocenters. The number of methoxy groups -OCH3 is 1. The predicted octanol–water partition coefficient (Wildman–Crippen LogP) is 4.92. The molecule has 2 aromatic rings. The quantitative estimate of drug-likeness (QED) is 0.697. The van der Waals surface area contributed by atoms with Gasteiger partial charge in [-0.2, -0.15) is 0 Å². The van der Waals surface area contributed by atoms with Crippen LogP contribution < -0.4 is 4.74 Å². The molecule has 4 heteroatoms. The Kier molecular flexibility index (Phi) is 7.49. The van der Waals surface area contributed by atoms with Gasteiger partial charge in [-0.3, -0.25) is 0 Å². The molecule has 0 radical (unpaired) electrons. The molecular formula is C23H30ClNO2. The fourth-order valence-corrected chi connectivity index (χ4v) is 3.52. The third-order valence-corrected chi connectivity index (χ3v) is 5.27. The Morgan fingerprint density at radius 1 is 1.15 bits per heavy atom. The second-order valence-electron chi connectivity index (χ2n) is 7.49. The minimum atomic E-state index is -0.960. The van der Waals surface area contributed by atoms with Crippen LogP contribution in [0.1, 0.15) is 25.0 Å². The summed E-state index contributed by atoms with van der Waals surface area (Å²) in [6.45, 7) is 4.89. The molecule has 0 fully saturated rings. The number of hydrogen-bond donors (Lipinski definition) is 1. The van der Waals surface area contributed by atoms with Gasteiger partial charge in [0.25, 0.3) is 0 Å². The van der Waals surface area contributed by atoms with E-state index in [0.717, 1.165) is 29.0 Å². The van der Waals surface area contributed by atoms with Gasteiger partial charge in [-0.05, 0) is 62.0 Å². The van der Waals surface area contributed by atoms with Crippen LogP contribution in [0, 0.1) is 5.92 Å². The summed E-state index contributed by atoms with van der Waals surface area (Å²) in [5.41, 5.74) is 2.09. The molecule has 0 bridgehead atoms. The van der Waals surface area contributed by atoms with Gasteiger partial charge >= 0.3 is 0 Å². The lowest BCUT2D eigenvalue weighted by Gasteiger charge is -2.37. The van der Waals surface area contributed by atoms with Crippen LogP contribution in [0.25, 0.3) is 6.08 Å². The van der Waals surface area contributed by atoms with Gasteiger partial charge in [-0.25, -0.2) is 0 Å². The van der Waals surface area contributed by atoms with E-state index in [4.69, 9.17) is 16.3 Å². The van der Waals surface area contributed by atoms with Crippen LogP contribution in [0.4, 0.5) is 0 Å². The molecule has 0 aromatic heterocycles. The Labute approximate surface area is 168 Å². The molecule has 146 valence electrons. The number of halogens is 1. The highest BCUT2D eigenvalue weighted by Gasteiger charge is 2.36. The Hall–Kier alpha value is -1.81. The van der Waals surface area contributed by atoms with Crippen molar-refractivity contribution in [2.75, 3.05) is 27.7 Å². The second kappa shape index (κ2) is 9.41. The van der Waals surface area contributed by atoms with Crippen molar-refractivity contribution < 1.29 is 9.84 Å². The zero-order valence-corrected chi connectivity index (χ0v) is 17.6. The summed E-state index contributed by atoms with van der Waals surface area (Å²) in [4.78, 5) is 2.11. The Morgan fingerprint density at radius 3 is 2.26 bits per heavy atom. The lowest BCUT2D eigenvalue weighted by molar-refractivity contribution is 0.0150. The highest BCUT2D eigenvalue weighted by Crippen LogP contribution is 2.32. The first-order chi connectivity index (χ1) is 12.7. The van der Waals surface area contributed by atoms with Gasteiger partial charge in [0.2, 0.25) is 0 Å². The van der Waals surface area contributed by atoms with Crippen molar-refractivity contribution in [2.24, 2.45) is 5.92 Å². The van der Waals surface area contributed by atoms with Crippen LogP contribution in [0.2, 0.25) is 5.02 Å². The van der Waals surface area contributed by atoms with E-state index in [-0.39, 0.29) is 5.92 Å². The largest absolute Gasteiger partial charge is 0.497 e. The summed E-state index contributed by atoms with van der Waals surface area (Å²) in [5.74, 6) is 0.875. The van der Waals surface area contributed by atoms with Crippen LogP contribution >= 0.6 is 11.6 Å². The van der Waals surface area contributed by atoms with E-state index in [1.54, 1.807) is 7.11 Å². The first-order valence-electron chi connectivity index (χ1n) is 9.19. The van der Waals surface area contributed by atoms with Gasteiger partial charge in [-0.1, -0.05) is 48.9 Å². The van der Waals surface area contributed by atoms with E-state index >= 15 is 0 Å². The highest BCUT2D eigenvalue weighted by atomic mass is 35.5. The third kappa shape index (κ3) is 5.83. The molecule has 0 heterocycles. The van der Waals surface area contributed by atoms with Gasteiger partial charge in [0.05, 0.1) is 12.7 Å². The van der Waals surface area contributed by atoms with E-state index in [9.17, 15) is 5.11 Å². The molecule has 0 aliphatic rings. The zero-order valence-electron chi connectivity index (χ0n) is 16.9. The normalized spacial score (nSPS) is 15.5. The average Bonchev–Trinajstić information content (AvgIpc) is 2.63. The van der Waals surface area contributed by atoms with Crippen LogP contribution in [0.3, 0.4) is 0 Å². The number of nitrogens with zero attached hydrogens (tertiary/aromatic N) is 1. The van der Waals surface area contributed by atoms with Crippen molar-refractivity contribution in [2.45, 2.75) is 25.9 Å². The molecule has 0 spiro atoms. The van der Waals surface area contributed by atoms with Crippen molar-refractivity contribution >= 4 is 17.7 Å². The van der Waals surface area contributed by atoms with Gasteiger partial charge < -0.3 is 14.7 Å². The molecule has 2 aromatic carbocycles. The maximum atomic E-state index is 11.7. The van der Waals surface area contributed by atoms with Crippen molar-refractivity contribution in [3.63, 3.8) is 0 Å². The molecule has 0 amide bonds. The van der Waals surface area contributed by atoms with E-state index in [2.05, 4.69) is 17.9 Å². The van der Waals surface area contributed by atoms with Crippen molar-refractivity contribution in [1.82, 2.24) is 4.90 Å². The second-order valence-corrected chi connectivity index (χ2v) is 7.93. The van der Waals surface area contributed by atoms with Gasteiger partial charge in [-0.15, -0.1) is 0 Å². The summed E-state index contributed by atoms with van der Waals surface area (Å²) in [7, 11) is 5.72. The number of ether oxygens (including phenoxy) is 1. The summed E-state index contributed by atoms with van der Waals surface area (Å²) >= 11 is 6.02. The summed E-state index contributed by atoms with van der Waals surface area (Å²) < 4.78 is 5.23. The van der Waals surface area contributed by atoms with Crippen LogP contribution in [0.15, 0.2) is 54.1 Å². The maximum Gasteiger partial charge on any atom is 0.118 e. The zero-order chi connectivity index (χ0) is 20.0. The Balaban J connectivity index is 2.36. The van der Waals surface area contributed by atoms with Crippen molar-refractivity contribution in [3.05, 3.63) is 70.3 Å². The SMILES string of the molecule is COc1ccc(/C=C(/C)C(O)(Cc2ccc(Cl)cc2)C(C)CN(C)C)cc1. The number of aliphatic hydroxyl groups is 1. The fourth-order valence-electron chi connectivity index (χ4n) is 3.39. The molecular weight excluding hydrogens is 358 g/mol. The molecule has 3 nitrogen and oxygen atoms in total.